The molecule has 0 aliphatic rings. The molecule has 3 aromatic rings. The lowest BCUT2D eigenvalue weighted by Gasteiger charge is -1.94. The molecule has 0 saturated heterocycles. The van der Waals surface area contributed by atoms with E-state index in [0.717, 1.165) is 11.3 Å². The number of imidazole rings is 1. The number of rotatable bonds is 1. The molecule has 4 heteroatoms. The summed E-state index contributed by atoms with van der Waals surface area (Å²) in [5.41, 5.74) is 2.35. The van der Waals surface area contributed by atoms with Gasteiger partial charge in [-0.05, 0) is 36.4 Å². The molecule has 0 N–H and O–H groups in total. The maximum Gasteiger partial charge on any atom is 0.156 e. The van der Waals surface area contributed by atoms with E-state index in [9.17, 15) is 4.39 Å². The van der Waals surface area contributed by atoms with Crippen LogP contribution in [0.2, 0.25) is 5.02 Å². The number of hydrogen-bond acceptors (Lipinski definition) is 1. The standard InChI is InChI=1S/C13H8ClFN2/c14-11-2-1-7-17-8-12(16-13(11)17)9-3-5-10(15)6-4-9/h1-8H. The third-order valence-electron chi connectivity index (χ3n) is 2.58. The Balaban J connectivity index is 2.18. The molecule has 84 valence electrons. The predicted molar refractivity (Wildman–Crippen MR) is 65.6 cm³/mol. The molecule has 0 bridgehead atoms. The van der Waals surface area contributed by atoms with Crippen LogP contribution >= 0.6 is 11.6 Å². The maximum absolute atomic E-state index is 12.8. The van der Waals surface area contributed by atoms with Gasteiger partial charge >= 0.3 is 0 Å². The largest absolute Gasteiger partial charge is 0.305 e. The molecule has 0 saturated carbocycles. The second kappa shape index (κ2) is 3.86. The van der Waals surface area contributed by atoms with Crippen molar-refractivity contribution < 1.29 is 4.39 Å². The summed E-state index contributed by atoms with van der Waals surface area (Å²) in [7, 11) is 0. The minimum atomic E-state index is -0.254. The molecule has 2 aromatic heterocycles. The Labute approximate surface area is 102 Å². The lowest BCUT2D eigenvalue weighted by molar-refractivity contribution is 0.628. The Hall–Kier alpha value is -1.87. The molecule has 2 nitrogen and oxygen atoms in total. The van der Waals surface area contributed by atoms with E-state index in [4.69, 9.17) is 11.6 Å². The van der Waals surface area contributed by atoms with E-state index in [1.54, 1.807) is 18.2 Å². The van der Waals surface area contributed by atoms with E-state index in [0.29, 0.717) is 10.7 Å². The number of nitrogens with zero attached hydrogens (tertiary/aromatic N) is 2. The van der Waals surface area contributed by atoms with Crippen LogP contribution < -0.4 is 0 Å². The van der Waals surface area contributed by atoms with Crippen molar-refractivity contribution >= 4 is 17.2 Å². The molecule has 0 aliphatic heterocycles. The summed E-state index contributed by atoms with van der Waals surface area (Å²) in [5.74, 6) is -0.254. The Kier molecular flexibility index (Phi) is 2.34. The predicted octanol–water partition coefficient (Wildman–Crippen LogP) is 3.79. The van der Waals surface area contributed by atoms with Crippen LogP contribution in [-0.2, 0) is 0 Å². The van der Waals surface area contributed by atoms with Gasteiger partial charge in [0.25, 0.3) is 0 Å². The van der Waals surface area contributed by atoms with Crippen LogP contribution in [0.3, 0.4) is 0 Å². The Bertz CT molecular complexity index is 673. The van der Waals surface area contributed by atoms with E-state index in [-0.39, 0.29) is 5.82 Å². The zero-order chi connectivity index (χ0) is 11.8. The van der Waals surface area contributed by atoms with Crippen molar-refractivity contribution in [1.82, 2.24) is 9.38 Å². The first-order chi connectivity index (χ1) is 8.24. The summed E-state index contributed by atoms with van der Waals surface area (Å²) in [6.07, 6.45) is 3.75. The molecule has 0 amide bonds. The molecule has 0 unspecified atom stereocenters. The first-order valence-electron chi connectivity index (χ1n) is 5.13. The summed E-state index contributed by atoms with van der Waals surface area (Å²) in [5, 5.41) is 0.598. The summed E-state index contributed by atoms with van der Waals surface area (Å²) >= 11 is 6.04. The highest BCUT2D eigenvalue weighted by Crippen LogP contribution is 2.22. The van der Waals surface area contributed by atoms with Crippen LogP contribution in [0.15, 0.2) is 48.8 Å². The molecule has 3 rings (SSSR count). The fourth-order valence-electron chi connectivity index (χ4n) is 1.74. The normalized spacial score (nSPS) is 10.9. The van der Waals surface area contributed by atoms with Crippen LogP contribution in [0.1, 0.15) is 0 Å². The Morgan fingerprint density at radius 2 is 1.88 bits per heavy atom. The van der Waals surface area contributed by atoms with Crippen molar-refractivity contribution in [2.75, 3.05) is 0 Å². The molecule has 0 radical (unpaired) electrons. The number of hydrogen-bond donors (Lipinski definition) is 0. The van der Waals surface area contributed by atoms with Gasteiger partial charge in [-0.15, -0.1) is 0 Å². The first-order valence-corrected chi connectivity index (χ1v) is 5.51. The highest BCUT2D eigenvalue weighted by atomic mass is 35.5. The Morgan fingerprint density at radius 1 is 1.12 bits per heavy atom. The third-order valence-corrected chi connectivity index (χ3v) is 2.87. The zero-order valence-electron chi connectivity index (χ0n) is 8.77. The van der Waals surface area contributed by atoms with Crippen LogP contribution in [0, 0.1) is 5.82 Å². The molecule has 0 atom stereocenters. The average molecular weight is 247 g/mol. The van der Waals surface area contributed by atoms with Crippen molar-refractivity contribution in [2.45, 2.75) is 0 Å². The van der Waals surface area contributed by atoms with Gasteiger partial charge in [0.05, 0.1) is 10.7 Å². The molecule has 2 heterocycles. The number of fused-ring (bicyclic) bond motifs is 1. The van der Waals surface area contributed by atoms with Gasteiger partial charge in [-0.25, -0.2) is 9.37 Å². The first kappa shape index (κ1) is 10.3. The van der Waals surface area contributed by atoms with Crippen LogP contribution in [-0.4, -0.2) is 9.38 Å². The topological polar surface area (TPSA) is 17.3 Å². The number of benzene rings is 1. The van der Waals surface area contributed by atoms with E-state index >= 15 is 0 Å². The van der Waals surface area contributed by atoms with Crippen molar-refractivity contribution in [3.05, 3.63) is 59.6 Å². The van der Waals surface area contributed by atoms with Gasteiger partial charge in [0.2, 0.25) is 0 Å². The van der Waals surface area contributed by atoms with E-state index in [1.165, 1.54) is 12.1 Å². The van der Waals surface area contributed by atoms with Crippen molar-refractivity contribution in [2.24, 2.45) is 0 Å². The van der Waals surface area contributed by atoms with Gasteiger partial charge in [0, 0.05) is 18.0 Å². The fourth-order valence-corrected chi connectivity index (χ4v) is 1.95. The van der Waals surface area contributed by atoms with Crippen LogP contribution in [0.25, 0.3) is 16.9 Å². The highest BCUT2D eigenvalue weighted by molar-refractivity contribution is 6.33. The maximum atomic E-state index is 12.8. The molecular weight excluding hydrogens is 239 g/mol. The molecule has 17 heavy (non-hydrogen) atoms. The van der Waals surface area contributed by atoms with Crippen molar-refractivity contribution in [3.63, 3.8) is 0 Å². The van der Waals surface area contributed by atoms with E-state index in [1.807, 2.05) is 22.9 Å². The molecule has 1 aromatic carbocycles. The second-order valence-electron chi connectivity index (χ2n) is 3.72. The molecule has 0 fully saturated rings. The zero-order valence-corrected chi connectivity index (χ0v) is 9.53. The number of aromatic nitrogens is 2. The summed E-state index contributed by atoms with van der Waals surface area (Å²) in [6.45, 7) is 0. The molecule has 0 aliphatic carbocycles. The lowest BCUT2D eigenvalue weighted by atomic mass is 10.2. The fraction of sp³-hybridized carbons (Fsp3) is 0. The molecular formula is C13H8ClFN2. The minimum Gasteiger partial charge on any atom is -0.305 e. The monoisotopic (exact) mass is 246 g/mol. The minimum absolute atomic E-state index is 0.254. The average Bonchev–Trinajstić information content (AvgIpc) is 2.75. The van der Waals surface area contributed by atoms with Crippen molar-refractivity contribution in [3.8, 4) is 11.3 Å². The SMILES string of the molecule is Fc1ccc(-c2cn3cccc(Cl)c3n2)cc1. The number of pyridine rings is 1. The van der Waals surface area contributed by atoms with Gasteiger partial charge < -0.3 is 4.40 Å². The van der Waals surface area contributed by atoms with Gasteiger partial charge in [-0.2, -0.15) is 0 Å². The van der Waals surface area contributed by atoms with Gasteiger partial charge in [-0.3, -0.25) is 0 Å². The number of halogens is 2. The van der Waals surface area contributed by atoms with Gasteiger partial charge in [-0.1, -0.05) is 11.6 Å². The molecule has 0 spiro atoms. The smallest absolute Gasteiger partial charge is 0.156 e. The lowest BCUT2D eigenvalue weighted by Crippen LogP contribution is -1.80. The van der Waals surface area contributed by atoms with E-state index < -0.39 is 0 Å². The van der Waals surface area contributed by atoms with Crippen molar-refractivity contribution in [1.29, 1.82) is 0 Å². The summed E-state index contributed by atoms with van der Waals surface area (Å²) in [6, 6.07) is 9.88. The summed E-state index contributed by atoms with van der Waals surface area (Å²) < 4.78 is 14.7. The van der Waals surface area contributed by atoms with Gasteiger partial charge in [0.15, 0.2) is 5.65 Å². The van der Waals surface area contributed by atoms with Crippen LogP contribution in [0.4, 0.5) is 4.39 Å². The van der Waals surface area contributed by atoms with E-state index in [2.05, 4.69) is 4.98 Å². The Morgan fingerprint density at radius 3 is 2.59 bits per heavy atom. The van der Waals surface area contributed by atoms with Crippen LogP contribution in [0.5, 0.6) is 0 Å². The third kappa shape index (κ3) is 1.78. The van der Waals surface area contributed by atoms with Gasteiger partial charge in [0.1, 0.15) is 5.82 Å². The second-order valence-corrected chi connectivity index (χ2v) is 4.13. The quantitative estimate of drug-likeness (QED) is 0.639. The summed E-state index contributed by atoms with van der Waals surface area (Å²) in [4.78, 5) is 4.42. The highest BCUT2D eigenvalue weighted by Gasteiger charge is 2.06.